The Kier molecular flexibility index (Phi) is 4.41. The molecule has 2 aromatic rings. The highest BCUT2D eigenvalue weighted by Gasteiger charge is 1.91. The molecule has 1 heterocycles. The van der Waals surface area contributed by atoms with Gasteiger partial charge in [0.25, 0.3) is 0 Å². The maximum atomic E-state index is 9.24. The smallest absolute Gasteiger partial charge is 0.317 e. The van der Waals surface area contributed by atoms with Gasteiger partial charge in [0.1, 0.15) is 0 Å². The highest BCUT2D eigenvalue weighted by Crippen LogP contribution is 2.17. The molecule has 0 aliphatic heterocycles. The number of aromatic nitrogens is 1. The first-order valence-electron chi connectivity index (χ1n) is 4.13. The third kappa shape index (κ3) is 3.78. The van der Waals surface area contributed by atoms with E-state index in [0.717, 1.165) is 9.47 Å². The molecule has 1 aromatic carbocycles. The van der Waals surface area contributed by atoms with Crippen LogP contribution in [0.25, 0.3) is 10.2 Å². The molecule has 4 N–H and O–H groups in total. The van der Waals surface area contributed by atoms with Gasteiger partial charge in [-0.05, 0) is 24.4 Å². The second-order valence-electron chi connectivity index (χ2n) is 2.61. The minimum absolute atomic E-state index is 0.278. The Morgan fingerprint density at radius 1 is 1.53 bits per heavy atom. The van der Waals surface area contributed by atoms with Gasteiger partial charge in [-0.15, -0.1) is 11.3 Å². The van der Waals surface area contributed by atoms with Crippen LogP contribution in [0.4, 0.5) is 0 Å². The van der Waals surface area contributed by atoms with E-state index in [-0.39, 0.29) is 6.54 Å². The number of nitrogens with one attached hydrogen (secondary N) is 1. The Balaban J connectivity index is 0.000000195. The van der Waals surface area contributed by atoms with Crippen molar-refractivity contribution >= 4 is 39.7 Å². The fourth-order valence-electron chi connectivity index (χ4n) is 0.894. The van der Waals surface area contributed by atoms with Gasteiger partial charge in [-0.25, -0.2) is 0 Å². The van der Waals surface area contributed by atoms with E-state index < -0.39 is 5.97 Å². The lowest BCUT2D eigenvalue weighted by molar-refractivity contribution is -0.135. The van der Waals surface area contributed by atoms with Crippen molar-refractivity contribution in [2.75, 3.05) is 6.54 Å². The predicted octanol–water partition coefficient (Wildman–Crippen LogP) is 1.99. The SMILES string of the molecule is NCC(=O)O.S=c1[nH]c2ccccc2s1. The zero-order valence-corrected chi connectivity index (χ0v) is 9.40. The Bertz CT molecular complexity index is 468. The predicted molar refractivity (Wildman–Crippen MR) is 63.7 cm³/mol. The number of thiazole rings is 1. The zero-order chi connectivity index (χ0) is 11.3. The van der Waals surface area contributed by atoms with Crippen LogP contribution < -0.4 is 5.73 Å². The summed E-state index contributed by atoms with van der Waals surface area (Å²) >= 11 is 6.59. The minimum atomic E-state index is -0.968. The molecule has 0 bridgehead atoms. The van der Waals surface area contributed by atoms with Gasteiger partial charge in [0, 0.05) is 0 Å². The van der Waals surface area contributed by atoms with E-state index in [9.17, 15) is 4.79 Å². The van der Waals surface area contributed by atoms with E-state index in [1.165, 1.54) is 4.70 Å². The quantitative estimate of drug-likeness (QED) is 0.668. The van der Waals surface area contributed by atoms with Gasteiger partial charge in [0.15, 0.2) is 3.95 Å². The number of aliphatic carboxylic acids is 1. The van der Waals surface area contributed by atoms with E-state index in [4.69, 9.17) is 17.3 Å². The number of carbonyl (C=O) groups is 1. The second kappa shape index (κ2) is 5.59. The van der Waals surface area contributed by atoms with Crippen molar-refractivity contribution in [1.82, 2.24) is 4.98 Å². The summed E-state index contributed by atoms with van der Waals surface area (Å²) < 4.78 is 2.08. The average molecular weight is 242 g/mol. The summed E-state index contributed by atoms with van der Waals surface area (Å²) in [7, 11) is 0. The topological polar surface area (TPSA) is 79.1 Å². The van der Waals surface area contributed by atoms with Gasteiger partial charge in [0.05, 0.1) is 16.8 Å². The molecule has 0 radical (unpaired) electrons. The summed E-state index contributed by atoms with van der Waals surface area (Å²) in [6.07, 6.45) is 0. The lowest BCUT2D eigenvalue weighted by Gasteiger charge is -1.81. The average Bonchev–Trinajstić information content (AvgIpc) is 2.58. The first-order chi connectivity index (χ1) is 7.13. The lowest BCUT2D eigenvalue weighted by Crippen LogP contribution is -2.10. The first-order valence-corrected chi connectivity index (χ1v) is 5.35. The standard InChI is InChI=1S/C7H5NS2.C2H5NO2/c9-7-8-5-3-1-2-4-6(5)10-7;3-1-2(4)5/h1-4H,(H,8,9);1,3H2,(H,4,5). The molecular formula is C9H10N2O2S2. The highest BCUT2D eigenvalue weighted by atomic mass is 32.1. The first kappa shape index (κ1) is 11.8. The van der Waals surface area contributed by atoms with Crippen molar-refractivity contribution in [3.63, 3.8) is 0 Å². The van der Waals surface area contributed by atoms with E-state index >= 15 is 0 Å². The number of benzene rings is 1. The number of carboxylic acids is 1. The second-order valence-corrected chi connectivity index (χ2v) is 4.33. The lowest BCUT2D eigenvalue weighted by atomic mass is 10.3. The number of para-hydroxylation sites is 1. The van der Waals surface area contributed by atoms with Crippen LogP contribution in [0.1, 0.15) is 0 Å². The fourth-order valence-corrected chi connectivity index (χ4v) is 2.01. The maximum absolute atomic E-state index is 9.24. The van der Waals surface area contributed by atoms with Crippen LogP contribution in [0, 0.1) is 3.95 Å². The molecule has 0 amide bonds. The summed E-state index contributed by atoms with van der Waals surface area (Å²) in [6, 6.07) is 8.11. The molecule has 1 aromatic heterocycles. The number of carboxylic acid groups (broad SMARTS) is 1. The van der Waals surface area contributed by atoms with Crippen LogP contribution in [0.5, 0.6) is 0 Å². The van der Waals surface area contributed by atoms with Gasteiger partial charge in [0.2, 0.25) is 0 Å². The van der Waals surface area contributed by atoms with Gasteiger partial charge in [-0.1, -0.05) is 12.1 Å². The number of fused-ring (bicyclic) bond motifs is 1. The summed E-state index contributed by atoms with van der Waals surface area (Å²) in [4.78, 5) is 12.3. The number of hydrogen-bond donors (Lipinski definition) is 3. The maximum Gasteiger partial charge on any atom is 0.317 e. The van der Waals surface area contributed by atoms with Crippen molar-refractivity contribution in [3.8, 4) is 0 Å². The Hall–Kier alpha value is -1.24. The van der Waals surface area contributed by atoms with E-state index in [1.807, 2.05) is 18.2 Å². The molecule has 0 aliphatic rings. The van der Waals surface area contributed by atoms with Crippen molar-refractivity contribution < 1.29 is 9.90 Å². The molecule has 0 fully saturated rings. The molecule has 0 spiro atoms. The largest absolute Gasteiger partial charge is 0.480 e. The summed E-state index contributed by atoms with van der Waals surface area (Å²) in [5.41, 5.74) is 5.71. The van der Waals surface area contributed by atoms with Crippen LogP contribution in [-0.4, -0.2) is 22.6 Å². The minimum Gasteiger partial charge on any atom is -0.480 e. The van der Waals surface area contributed by atoms with Crippen molar-refractivity contribution in [1.29, 1.82) is 0 Å². The normalized spacial score (nSPS) is 9.40. The van der Waals surface area contributed by atoms with Crippen LogP contribution in [-0.2, 0) is 4.79 Å². The number of nitrogens with two attached hydrogens (primary N) is 1. The summed E-state index contributed by atoms with van der Waals surface area (Å²) in [5, 5.41) is 7.60. The van der Waals surface area contributed by atoms with Crippen LogP contribution in [0.2, 0.25) is 0 Å². The molecule has 0 saturated heterocycles. The third-order valence-electron chi connectivity index (χ3n) is 1.50. The Morgan fingerprint density at radius 3 is 2.67 bits per heavy atom. The van der Waals surface area contributed by atoms with Gasteiger partial charge >= 0.3 is 5.97 Å². The molecule has 0 saturated carbocycles. The van der Waals surface area contributed by atoms with Crippen LogP contribution >= 0.6 is 23.6 Å². The number of aromatic amines is 1. The van der Waals surface area contributed by atoms with Gasteiger partial charge < -0.3 is 15.8 Å². The molecular weight excluding hydrogens is 232 g/mol. The number of H-pyrrole nitrogens is 1. The molecule has 0 aliphatic carbocycles. The third-order valence-corrected chi connectivity index (χ3v) is 2.72. The Morgan fingerprint density at radius 2 is 2.13 bits per heavy atom. The fraction of sp³-hybridized carbons (Fsp3) is 0.111. The van der Waals surface area contributed by atoms with Crippen LogP contribution in [0.3, 0.4) is 0 Å². The number of hydrogen-bond acceptors (Lipinski definition) is 4. The number of rotatable bonds is 1. The molecule has 80 valence electrons. The summed E-state index contributed by atoms with van der Waals surface area (Å²) in [6.45, 7) is -0.278. The van der Waals surface area contributed by atoms with Crippen molar-refractivity contribution in [2.45, 2.75) is 0 Å². The molecule has 15 heavy (non-hydrogen) atoms. The Labute approximate surface area is 95.4 Å². The zero-order valence-electron chi connectivity index (χ0n) is 7.77. The molecule has 2 rings (SSSR count). The van der Waals surface area contributed by atoms with Gasteiger partial charge in [-0.2, -0.15) is 0 Å². The molecule has 0 atom stereocenters. The van der Waals surface area contributed by atoms with E-state index in [0.29, 0.717) is 0 Å². The molecule has 4 nitrogen and oxygen atoms in total. The van der Waals surface area contributed by atoms with Gasteiger partial charge in [-0.3, -0.25) is 4.79 Å². The van der Waals surface area contributed by atoms with Crippen LogP contribution in [0.15, 0.2) is 24.3 Å². The molecule has 6 heteroatoms. The highest BCUT2D eigenvalue weighted by molar-refractivity contribution is 7.73. The monoisotopic (exact) mass is 242 g/mol. The van der Waals surface area contributed by atoms with E-state index in [1.54, 1.807) is 11.3 Å². The van der Waals surface area contributed by atoms with Crippen molar-refractivity contribution in [2.24, 2.45) is 5.73 Å². The van der Waals surface area contributed by atoms with Crippen molar-refractivity contribution in [3.05, 3.63) is 28.2 Å². The summed E-state index contributed by atoms with van der Waals surface area (Å²) in [5.74, 6) is -0.968. The molecule has 0 unspecified atom stereocenters. The van der Waals surface area contributed by atoms with E-state index in [2.05, 4.69) is 16.8 Å².